The molecule has 1 heterocycles. The first kappa shape index (κ1) is 20.5. The zero-order valence-corrected chi connectivity index (χ0v) is 17.0. The summed E-state index contributed by atoms with van der Waals surface area (Å²) >= 11 is 0. The molecule has 0 saturated carbocycles. The van der Waals surface area contributed by atoms with E-state index in [0.29, 0.717) is 6.04 Å². The maximum Gasteiger partial charge on any atom is 0.191 e. The molecule has 2 N–H and O–H groups in total. The van der Waals surface area contributed by atoms with Crippen LogP contribution < -0.4 is 15.4 Å². The number of hydrogen-bond acceptors (Lipinski definition) is 4. The van der Waals surface area contributed by atoms with Crippen LogP contribution in [0.5, 0.6) is 5.75 Å². The van der Waals surface area contributed by atoms with Crippen LogP contribution in [0.15, 0.2) is 29.3 Å². The summed E-state index contributed by atoms with van der Waals surface area (Å²) in [6.45, 7) is 6.27. The lowest BCUT2D eigenvalue weighted by molar-refractivity contribution is 0.266. The van der Waals surface area contributed by atoms with Gasteiger partial charge in [-0.25, -0.2) is 0 Å². The maximum absolute atomic E-state index is 5.54. The number of para-hydroxylation sites is 1. The maximum atomic E-state index is 5.54. The lowest BCUT2D eigenvalue weighted by Crippen LogP contribution is -2.46. The van der Waals surface area contributed by atoms with Gasteiger partial charge in [0.25, 0.3) is 0 Å². The number of likely N-dealkylation sites (tertiary alicyclic amines) is 1. The number of likely N-dealkylation sites (N-methyl/N-ethyl adjacent to an activating group) is 2. The average molecular weight is 362 g/mol. The van der Waals surface area contributed by atoms with Gasteiger partial charge < -0.3 is 20.3 Å². The van der Waals surface area contributed by atoms with Crippen LogP contribution in [-0.2, 0) is 0 Å². The van der Waals surface area contributed by atoms with E-state index in [9.17, 15) is 0 Å². The zero-order valence-electron chi connectivity index (χ0n) is 17.0. The first-order valence-electron chi connectivity index (χ1n) is 9.58. The van der Waals surface area contributed by atoms with E-state index >= 15 is 0 Å². The highest BCUT2D eigenvalue weighted by molar-refractivity contribution is 5.79. The predicted octanol–water partition coefficient (Wildman–Crippen LogP) is 1.95. The van der Waals surface area contributed by atoms with Crippen molar-refractivity contribution < 1.29 is 4.74 Å². The molecule has 0 aliphatic carbocycles. The van der Waals surface area contributed by atoms with Crippen LogP contribution in [0.1, 0.15) is 31.4 Å². The zero-order chi connectivity index (χ0) is 18.9. The van der Waals surface area contributed by atoms with Crippen LogP contribution in [-0.4, -0.2) is 76.2 Å². The number of aliphatic imine (C=N–C) groups is 1. The first-order valence-corrected chi connectivity index (χ1v) is 9.58. The van der Waals surface area contributed by atoms with Gasteiger partial charge in [0.1, 0.15) is 5.75 Å². The van der Waals surface area contributed by atoms with Gasteiger partial charge in [-0.15, -0.1) is 0 Å². The molecule has 0 radical (unpaired) electrons. The van der Waals surface area contributed by atoms with Gasteiger partial charge in [0.15, 0.2) is 5.96 Å². The number of rotatable bonds is 8. The largest absolute Gasteiger partial charge is 0.496 e. The highest BCUT2D eigenvalue weighted by atomic mass is 16.5. The van der Waals surface area contributed by atoms with Crippen LogP contribution in [0, 0.1) is 0 Å². The van der Waals surface area contributed by atoms with Crippen LogP contribution >= 0.6 is 0 Å². The van der Waals surface area contributed by atoms with Gasteiger partial charge in [0, 0.05) is 31.7 Å². The predicted molar refractivity (Wildman–Crippen MR) is 109 cm³/mol. The molecule has 6 heteroatoms. The van der Waals surface area contributed by atoms with Crippen molar-refractivity contribution in [2.75, 3.05) is 54.4 Å². The summed E-state index contributed by atoms with van der Waals surface area (Å²) in [6, 6.07) is 9.00. The van der Waals surface area contributed by atoms with E-state index in [1.165, 1.54) is 24.9 Å². The summed E-state index contributed by atoms with van der Waals surface area (Å²) in [4.78, 5) is 9.14. The Morgan fingerprint density at radius 3 is 2.77 bits per heavy atom. The van der Waals surface area contributed by atoms with Gasteiger partial charge in [-0.05, 0) is 46.1 Å². The third-order valence-electron chi connectivity index (χ3n) is 5.22. The van der Waals surface area contributed by atoms with Crippen LogP contribution in [0.2, 0.25) is 0 Å². The molecule has 1 aromatic rings. The Kier molecular flexibility index (Phi) is 8.19. The standard InChI is InChI=1S/C20H35N5O/c1-6-25-13-9-10-16(25)14-22-20(21-2)23-15-18(24(3)4)17-11-7-8-12-19(17)26-5/h7-8,11-12,16,18H,6,9-10,13-15H2,1-5H3,(H2,21,22,23). The minimum Gasteiger partial charge on any atom is -0.496 e. The molecular weight excluding hydrogens is 326 g/mol. The van der Waals surface area contributed by atoms with Gasteiger partial charge in [-0.3, -0.25) is 9.89 Å². The molecule has 1 aliphatic heterocycles. The van der Waals surface area contributed by atoms with Gasteiger partial charge in [0.05, 0.1) is 13.2 Å². The Hall–Kier alpha value is -1.79. The van der Waals surface area contributed by atoms with E-state index in [0.717, 1.165) is 31.3 Å². The van der Waals surface area contributed by atoms with E-state index < -0.39 is 0 Å². The minimum atomic E-state index is 0.198. The summed E-state index contributed by atoms with van der Waals surface area (Å²) in [6.07, 6.45) is 2.56. The molecule has 0 bridgehead atoms. The average Bonchev–Trinajstić information content (AvgIpc) is 3.12. The molecule has 26 heavy (non-hydrogen) atoms. The second-order valence-corrected chi connectivity index (χ2v) is 6.98. The van der Waals surface area contributed by atoms with Gasteiger partial charge in [-0.1, -0.05) is 25.1 Å². The van der Waals surface area contributed by atoms with Gasteiger partial charge in [0.2, 0.25) is 0 Å². The second-order valence-electron chi connectivity index (χ2n) is 6.98. The molecule has 2 unspecified atom stereocenters. The van der Waals surface area contributed by atoms with Crippen LogP contribution in [0.4, 0.5) is 0 Å². The van der Waals surface area contributed by atoms with E-state index in [2.05, 4.69) is 58.6 Å². The van der Waals surface area contributed by atoms with Gasteiger partial charge in [-0.2, -0.15) is 0 Å². The molecule has 6 nitrogen and oxygen atoms in total. The molecule has 1 saturated heterocycles. The highest BCUT2D eigenvalue weighted by Crippen LogP contribution is 2.27. The summed E-state index contributed by atoms with van der Waals surface area (Å²) in [7, 11) is 7.73. The third-order valence-corrected chi connectivity index (χ3v) is 5.22. The van der Waals surface area contributed by atoms with E-state index in [4.69, 9.17) is 4.74 Å². The van der Waals surface area contributed by atoms with Crippen molar-refractivity contribution in [2.45, 2.75) is 31.8 Å². The number of nitrogens with zero attached hydrogens (tertiary/aromatic N) is 3. The minimum absolute atomic E-state index is 0.198. The lowest BCUT2D eigenvalue weighted by Gasteiger charge is -2.28. The Bertz CT molecular complexity index is 575. The number of benzene rings is 1. The number of nitrogens with one attached hydrogen (secondary N) is 2. The molecule has 146 valence electrons. The highest BCUT2D eigenvalue weighted by Gasteiger charge is 2.23. The van der Waals surface area contributed by atoms with Crippen molar-refractivity contribution in [2.24, 2.45) is 4.99 Å². The summed E-state index contributed by atoms with van der Waals surface area (Å²) in [5.41, 5.74) is 1.18. The smallest absolute Gasteiger partial charge is 0.191 e. The molecule has 0 aromatic heterocycles. The van der Waals surface area contributed by atoms with E-state index in [1.54, 1.807) is 7.11 Å². The van der Waals surface area contributed by atoms with Crippen molar-refractivity contribution in [1.29, 1.82) is 0 Å². The Morgan fingerprint density at radius 2 is 2.12 bits per heavy atom. The molecule has 0 spiro atoms. The lowest BCUT2D eigenvalue weighted by atomic mass is 10.0. The molecule has 1 aliphatic rings. The number of hydrogen-bond donors (Lipinski definition) is 2. The first-order chi connectivity index (χ1) is 12.6. The summed E-state index contributed by atoms with van der Waals surface area (Å²) in [5, 5.41) is 6.98. The normalized spacial score (nSPS) is 19.6. The Balaban J connectivity index is 1.94. The number of guanidine groups is 1. The van der Waals surface area contributed by atoms with E-state index in [-0.39, 0.29) is 6.04 Å². The summed E-state index contributed by atoms with van der Waals surface area (Å²) < 4.78 is 5.54. The molecule has 2 rings (SSSR count). The van der Waals surface area contributed by atoms with E-state index in [1.807, 2.05) is 19.2 Å². The Labute approximate surface area is 158 Å². The van der Waals surface area contributed by atoms with Crippen molar-refractivity contribution in [1.82, 2.24) is 20.4 Å². The van der Waals surface area contributed by atoms with Crippen molar-refractivity contribution in [3.8, 4) is 5.75 Å². The van der Waals surface area contributed by atoms with Crippen LogP contribution in [0.3, 0.4) is 0 Å². The molecule has 1 aromatic carbocycles. The van der Waals surface area contributed by atoms with Gasteiger partial charge >= 0.3 is 0 Å². The van der Waals surface area contributed by atoms with Crippen molar-refractivity contribution >= 4 is 5.96 Å². The summed E-state index contributed by atoms with van der Waals surface area (Å²) in [5.74, 6) is 1.77. The fourth-order valence-corrected chi connectivity index (χ4v) is 3.68. The van der Waals surface area contributed by atoms with Crippen molar-refractivity contribution in [3.63, 3.8) is 0 Å². The fourth-order valence-electron chi connectivity index (χ4n) is 3.68. The second kappa shape index (κ2) is 10.4. The number of ether oxygens (including phenoxy) is 1. The topological polar surface area (TPSA) is 52.1 Å². The quantitative estimate of drug-likeness (QED) is 0.547. The van der Waals surface area contributed by atoms with Crippen LogP contribution in [0.25, 0.3) is 0 Å². The molecule has 0 amide bonds. The Morgan fingerprint density at radius 1 is 1.35 bits per heavy atom. The monoisotopic (exact) mass is 361 g/mol. The molecule has 2 atom stereocenters. The SMILES string of the molecule is CCN1CCCC1CNC(=NC)NCC(c1ccccc1OC)N(C)C. The third kappa shape index (κ3) is 5.35. The molecule has 1 fully saturated rings. The fraction of sp³-hybridized carbons (Fsp3) is 0.650. The number of methoxy groups -OCH3 is 1. The molecular formula is C20H35N5O. The van der Waals surface area contributed by atoms with Crippen molar-refractivity contribution in [3.05, 3.63) is 29.8 Å².